The maximum absolute atomic E-state index is 12.7. The number of esters is 1. The summed E-state index contributed by atoms with van der Waals surface area (Å²) in [6, 6.07) is 9.40. The lowest BCUT2D eigenvalue weighted by Gasteiger charge is -2.10. The van der Waals surface area contributed by atoms with E-state index < -0.39 is 5.97 Å². The van der Waals surface area contributed by atoms with E-state index in [1.165, 1.54) is 11.3 Å². The van der Waals surface area contributed by atoms with Gasteiger partial charge in [0.2, 0.25) is 0 Å². The van der Waals surface area contributed by atoms with Gasteiger partial charge in [0.25, 0.3) is 5.91 Å². The summed E-state index contributed by atoms with van der Waals surface area (Å²) in [4.78, 5) is 25.9. The van der Waals surface area contributed by atoms with Crippen LogP contribution in [0.1, 0.15) is 26.4 Å². The van der Waals surface area contributed by atoms with Gasteiger partial charge in [-0.15, -0.1) is 11.3 Å². The van der Waals surface area contributed by atoms with Crippen molar-refractivity contribution in [3.63, 3.8) is 0 Å². The molecule has 0 spiro atoms. The first-order valence-electron chi connectivity index (χ1n) is 9.82. The quantitative estimate of drug-likeness (QED) is 0.512. The van der Waals surface area contributed by atoms with Gasteiger partial charge in [-0.25, -0.2) is 4.79 Å². The third-order valence-electron chi connectivity index (χ3n) is 4.93. The summed E-state index contributed by atoms with van der Waals surface area (Å²) in [7, 11) is 3.16. The first-order valence-corrected chi connectivity index (χ1v) is 10.6. The highest BCUT2D eigenvalue weighted by atomic mass is 32.1. The van der Waals surface area contributed by atoms with Gasteiger partial charge in [-0.2, -0.15) is 0 Å². The predicted octanol–water partition coefficient (Wildman–Crippen LogP) is 3.69. The lowest BCUT2D eigenvalue weighted by molar-refractivity contribution is -0.124. The molecule has 0 bridgehead atoms. The molecular weight excluding hydrogens is 416 g/mol. The average Bonchev–Trinajstić information content (AvgIpc) is 3.40. The topological polar surface area (TPSA) is 78.8 Å². The Labute approximate surface area is 185 Å². The van der Waals surface area contributed by atoms with Crippen LogP contribution >= 0.6 is 11.3 Å². The van der Waals surface area contributed by atoms with E-state index in [1.807, 2.05) is 61.1 Å². The van der Waals surface area contributed by atoms with Crippen molar-refractivity contribution in [2.24, 2.45) is 0 Å². The van der Waals surface area contributed by atoms with Crippen molar-refractivity contribution in [1.82, 2.24) is 9.88 Å². The summed E-state index contributed by atoms with van der Waals surface area (Å²) in [6.07, 6.45) is 4.37. The number of hydrogen-bond acceptors (Lipinski definition) is 6. The summed E-state index contributed by atoms with van der Waals surface area (Å²) in [5.74, 6) is 0.446. The highest BCUT2D eigenvalue weighted by Crippen LogP contribution is 2.31. The van der Waals surface area contributed by atoms with Crippen LogP contribution in [-0.4, -0.2) is 43.8 Å². The van der Waals surface area contributed by atoms with Gasteiger partial charge in [-0.05, 0) is 55.7 Å². The zero-order chi connectivity index (χ0) is 22.4. The highest BCUT2D eigenvalue weighted by molar-refractivity contribution is 7.15. The predicted molar refractivity (Wildman–Crippen MR) is 120 cm³/mol. The summed E-state index contributed by atoms with van der Waals surface area (Å²) < 4.78 is 17.7. The lowest BCUT2D eigenvalue weighted by Crippen LogP contribution is -2.30. The Morgan fingerprint density at radius 3 is 2.45 bits per heavy atom. The summed E-state index contributed by atoms with van der Waals surface area (Å²) >= 11 is 1.52. The first-order chi connectivity index (χ1) is 14.9. The van der Waals surface area contributed by atoms with Crippen LogP contribution in [0, 0.1) is 13.8 Å². The Balaban J connectivity index is 1.53. The van der Waals surface area contributed by atoms with Crippen LogP contribution in [0.4, 0.5) is 0 Å². The number of rotatable bonds is 9. The Bertz CT molecular complexity index is 1060. The van der Waals surface area contributed by atoms with Crippen LogP contribution < -0.4 is 14.8 Å². The number of carbonyl (C=O) groups excluding carboxylic acids is 2. The number of ether oxygens (including phenoxy) is 3. The van der Waals surface area contributed by atoms with Crippen molar-refractivity contribution < 1.29 is 23.8 Å². The molecule has 0 saturated heterocycles. The normalized spacial score (nSPS) is 10.6. The molecule has 2 heterocycles. The van der Waals surface area contributed by atoms with E-state index in [2.05, 4.69) is 5.32 Å². The maximum Gasteiger partial charge on any atom is 0.341 e. The Kier molecular flexibility index (Phi) is 7.36. The smallest absolute Gasteiger partial charge is 0.341 e. The molecule has 0 radical (unpaired) electrons. The Morgan fingerprint density at radius 2 is 1.77 bits per heavy atom. The molecule has 0 aliphatic rings. The minimum Gasteiger partial charge on any atom is -0.493 e. The second-order valence-electron chi connectivity index (χ2n) is 6.92. The second kappa shape index (κ2) is 10.2. The average molecular weight is 443 g/mol. The van der Waals surface area contributed by atoms with E-state index in [4.69, 9.17) is 14.2 Å². The molecule has 3 aromatic rings. The standard InChI is InChI=1S/C23H26N2O5S/c1-15-16(2)31-22(25-11-5-6-12-25)21(15)23(27)30-14-20(26)24-10-9-17-7-8-18(28-3)19(13-17)29-4/h5-8,11-13H,9-10,14H2,1-4H3,(H,24,26). The monoisotopic (exact) mass is 442 g/mol. The van der Waals surface area contributed by atoms with Gasteiger partial charge in [-0.1, -0.05) is 6.07 Å². The van der Waals surface area contributed by atoms with Crippen molar-refractivity contribution in [2.75, 3.05) is 27.4 Å². The molecule has 8 heteroatoms. The van der Waals surface area contributed by atoms with Gasteiger partial charge in [0, 0.05) is 23.8 Å². The largest absolute Gasteiger partial charge is 0.493 e. The first kappa shape index (κ1) is 22.4. The third-order valence-corrected chi connectivity index (χ3v) is 6.15. The molecule has 0 saturated carbocycles. The van der Waals surface area contributed by atoms with E-state index in [-0.39, 0.29) is 12.5 Å². The molecule has 2 aromatic heterocycles. The van der Waals surface area contributed by atoms with E-state index >= 15 is 0 Å². The van der Waals surface area contributed by atoms with Crippen molar-refractivity contribution in [3.05, 3.63) is 64.3 Å². The van der Waals surface area contributed by atoms with Crippen LogP contribution in [0.3, 0.4) is 0 Å². The van der Waals surface area contributed by atoms with Crippen molar-refractivity contribution >= 4 is 23.2 Å². The fraction of sp³-hybridized carbons (Fsp3) is 0.304. The number of nitrogens with one attached hydrogen (secondary N) is 1. The van der Waals surface area contributed by atoms with Crippen LogP contribution in [0.15, 0.2) is 42.7 Å². The van der Waals surface area contributed by atoms with Gasteiger partial charge in [-0.3, -0.25) is 4.79 Å². The van der Waals surface area contributed by atoms with E-state index in [9.17, 15) is 9.59 Å². The molecular formula is C23H26N2O5S. The van der Waals surface area contributed by atoms with Gasteiger partial charge in [0.15, 0.2) is 18.1 Å². The highest BCUT2D eigenvalue weighted by Gasteiger charge is 2.22. The van der Waals surface area contributed by atoms with Crippen molar-refractivity contribution in [3.8, 4) is 16.5 Å². The fourth-order valence-corrected chi connectivity index (χ4v) is 4.25. The minimum absolute atomic E-state index is 0.329. The molecule has 7 nitrogen and oxygen atoms in total. The molecule has 0 unspecified atom stereocenters. The number of amides is 1. The summed E-state index contributed by atoms with van der Waals surface area (Å²) in [5, 5.41) is 3.57. The number of methoxy groups -OCH3 is 2. The molecule has 0 fully saturated rings. The van der Waals surface area contributed by atoms with Gasteiger partial charge in [0.05, 0.1) is 19.8 Å². The molecule has 1 N–H and O–H groups in total. The molecule has 164 valence electrons. The van der Waals surface area contributed by atoms with Crippen molar-refractivity contribution in [1.29, 1.82) is 0 Å². The molecule has 1 aromatic carbocycles. The third kappa shape index (κ3) is 5.27. The summed E-state index contributed by atoms with van der Waals surface area (Å²) in [5.41, 5.74) is 2.36. The van der Waals surface area contributed by atoms with E-state index in [0.717, 1.165) is 21.0 Å². The number of carbonyl (C=O) groups is 2. The molecule has 31 heavy (non-hydrogen) atoms. The van der Waals surface area contributed by atoms with Crippen LogP contribution in [-0.2, 0) is 16.0 Å². The van der Waals surface area contributed by atoms with E-state index in [1.54, 1.807) is 14.2 Å². The molecule has 1 amide bonds. The second-order valence-corrected chi connectivity index (χ2v) is 8.12. The number of nitrogens with zero attached hydrogens (tertiary/aromatic N) is 1. The lowest BCUT2D eigenvalue weighted by atomic mass is 10.1. The zero-order valence-electron chi connectivity index (χ0n) is 18.1. The Morgan fingerprint density at radius 1 is 1.06 bits per heavy atom. The van der Waals surface area contributed by atoms with E-state index in [0.29, 0.717) is 30.0 Å². The van der Waals surface area contributed by atoms with Gasteiger partial charge < -0.3 is 24.1 Å². The summed E-state index contributed by atoms with van der Waals surface area (Å²) in [6.45, 7) is 3.94. The van der Waals surface area contributed by atoms with Gasteiger partial charge >= 0.3 is 5.97 Å². The Hall–Kier alpha value is -3.26. The van der Waals surface area contributed by atoms with Gasteiger partial charge in [0.1, 0.15) is 5.00 Å². The zero-order valence-corrected chi connectivity index (χ0v) is 18.9. The molecule has 0 aliphatic carbocycles. The number of thiophene rings is 1. The molecule has 0 aliphatic heterocycles. The maximum atomic E-state index is 12.7. The minimum atomic E-state index is -0.499. The molecule has 3 rings (SSSR count). The SMILES string of the molecule is COc1ccc(CCNC(=O)COC(=O)c2c(-n3cccc3)sc(C)c2C)cc1OC. The number of aryl methyl sites for hydroxylation is 1. The van der Waals surface area contributed by atoms with Crippen LogP contribution in [0.5, 0.6) is 11.5 Å². The number of aromatic nitrogens is 1. The molecule has 0 atom stereocenters. The van der Waals surface area contributed by atoms with Crippen LogP contribution in [0.2, 0.25) is 0 Å². The fourth-order valence-electron chi connectivity index (χ4n) is 3.14. The number of benzene rings is 1. The van der Waals surface area contributed by atoms with Crippen LogP contribution in [0.25, 0.3) is 5.00 Å². The number of hydrogen-bond donors (Lipinski definition) is 1. The van der Waals surface area contributed by atoms with Crippen molar-refractivity contribution in [2.45, 2.75) is 20.3 Å².